The first-order chi connectivity index (χ1) is 11.1. The Morgan fingerprint density at radius 2 is 2.13 bits per heavy atom. The standard InChI is InChI=1S/C17H17N3O2S/c1-12-4-2-3-5-13(12)10-18-15(21)6-8-20-11-19-16-14(17(20)22)7-9-23-16/h2-5,7,9,11H,6,8,10H2,1H3,(H,18,21). The van der Waals surface area contributed by atoms with Crippen LogP contribution in [0.2, 0.25) is 0 Å². The number of carbonyl (C=O) groups is 1. The molecule has 3 rings (SSSR count). The molecule has 2 aromatic heterocycles. The molecule has 0 fully saturated rings. The summed E-state index contributed by atoms with van der Waals surface area (Å²) in [5.74, 6) is -0.0782. The molecule has 118 valence electrons. The lowest BCUT2D eigenvalue weighted by Crippen LogP contribution is -2.27. The fourth-order valence-corrected chi connectivity index (χ4v) is 3.09. The van der Waals surface area contributed by atoms with E-state index in [0.29, 0.717) is 18.5 Å². The topological polar surface area (TPSA) is 64.0 Å². The Hall–Kier alpha value is -2.47. The third-order valence-corrected chi connectivity index (χ3v) is 4.59. The maximum atomic E-state index is 12.2. The van der Waals surface area contributed by atoms with Gasteiger partial charge in [0.15, 0.2) is 0 Å². The molecule has 0 aliphatic carbocycles. The Balaban J connectivity index is 1.59. The third kappa shape index (κ3) is 3.48. The van der Waals surface area contributed by atoms with Crippen LogP contribution in [0.4, 0.5) is 0 Å². The van der Waals surface area contributed by atoms with Gasteiger partial charge in [0, 0.05) is 19.5 Å². The highest BCUT2D eigenvalue weighted by Gasteiger charge is 2.07. The highest BCUT2D eigenvalue weighted by molar-refractivity contribution is 7.16. The second kappa shape index (κ2) is 6.75. The molecule has 1 amide bonds. The van der Waals surface area contributed by atoms with Crippen LogP contribution in [0, 0.1) is 6.92 Å². The lowest BCUT2D eigenvalue weighted by atomic mass is 10.1. The predicted molar refractivity (Wildman–Crippen MR) is 91.5 cm³/mol. The first-order valence-electron chi connectivity index (χ1n) is 7.39. The summed E-state index contributed by atoms with van der Waals surface area (Å²) in [4.78, 5) is 29.2. The largest absolute Gasteiger partial charge is 0.352 e. The third-order valence-electron chi connectivity index (χ3n) is 3.77. The molecule has 3 aromatic rings. The van der Waals surface area contributed by atoms with Crippen LogP contribution in [0.15, 0.2) is 46.8 Å². The van der Waals surface area contributed by atoms with Gasteiger partial charge in [-0.1, -0.05) is 24.3 Å². The molecule has 0 unspecified atom stereocenters. The number of hydrogen-bond acceptors (Lipinski definition) is 4. The second-order valence-corrected chi connectivity index (χ2v) is 6.23. The van der Waals surface area contributed by atoms with Crippen LogP contribution >= 0.6 is 11.3 Å². The van der Waals surface area contributed by atoms with Gasteiger partial charge in [0.25, 0.3) is 5.56 Å². The van der Waals surface area contributed by atoms with Gasteiger partial charge in [-0.25, -0.2) is 4.98 Å². The van der Waals surface area contributed by atoms with Crippen molar-refractivity contribution in [3.8, 4) is 0 Å². The van der Waals surface area contributed by atoms with Crippen molar-refractivity contribution in [2.75, 3.05) is 0 Å². The summed E-state index contributed by atoms with van der Waals surface area (Å²) in [5, 5.41) is 5.34. The van der Waals surface area contributed by atoms with Crippen LogP contribution in [-0.2, 0) is 17.9 Å². The highest BCUT2D eigenvalue weighted by atomic mass is 32.1. The van der Waals surface area contributed by atoms with Crippen molar-refractivity contribution in [1.29, 1.82) is 0 Å². The summed E-state index contributed by atoms with van der Waals surface area (Å²) in [6.45, 7) is 2.85. The van der Waals surface area contributed by atoms with Gasteiger partial charge in [0.2, 0.25) is 5.91 Å². The van der Waals surface area contributed by atoms with E-state index in [1.54, 1.807) is 6.07 Å². The number of amides is 1. The lowest BCUT2D eigenvalue weighted by molar-refractivity contribution is -0.121. The molecule has 0 saturated carbocycles. The number of thiophene rings is 1. The molecule has 6 heteroatoms. The van der Waals surface area contributed by atoms with Crippen molar-refractivity contribution in [2.45, 2.75) is 26.4 Å². The van der Waals surface area contributed by atoms with Crippen LogP contribution in [0.5, 0.6) is 0 Å². The van der Waals surface area contributed by atoms with E-state index in [1.807, 2.05) is 36.6 Å². The van der Waals surface area contributed by atoms with Gasteiger partial charge in [0.1, 0.15) is 4.83 Å². The second-order valence-electron chi connectivity index (χ2n) is 5.34. The zero-order chi connectivity index (χ0) is 16.2. The molecule has 23 heavy (non-hydrogen) atoms. The summed E-state index contributed by atoms with van der Waals surface area (Å²) >= 11 is 1.44. The molecule has 2 heterocycles. The molecule has 0 aliphatic rings. The highest BCUT2D eigenvalue weighted by Crippen LogP contribution is 2.13. The Labute approximate surface area is 137 Å². The predicted octanol–water partition coefficient (Wildman–Crippen LogP) is 2.47. The molecule has 1 N–H and O–H groups in total. The Morgan fingerprint density at radius 3 is 2.96 bits per heavy atom. The normalized spacial score (nSPS) is 10.8. The molecule has 0 aliphatic heterocycles. The zero-order valence-corrected chi connectivity index (χ0v) is 13.6. The van der Waals surface area contributed by atoms with Crippen LogP contribution < -0.4 is 10.9 Å². The van der Waals surface area contributed by atoms with E-state index in [1.165, 1.54) is 22.2 Å². The summed E-state index contributed by atoms with van der Waals surface area (Å²) in [7, 11) is 0. The maximum absolute atomic E-state index is 12.2. The van der Waals surface area contributed by atoms with Gasteiger partial charge >= 0.3 is 0 Å². The fourth-order valence-electron chi connectivity index (χ4n) is 2.37. The average Bonchev–Trinajstić information content (AvgIpc) is 3.03. The van der Waals surface area contributed by atoms with Crippen LogP contribution in [0.3, 0.4) is 0 Å². The molecule has 0 spiro atoms. The van der Waals surface area contributed by atoms with E-state index in [0.717, 1.165) is 16.0 Å². The van der Waals surface area contributed by atoms with Crippen molar-refractivity contribution in [3.63, 3.8) is 0 Å². The first-order valence-corrected chi connectivity index (χ1v) is 8.27. The number of hydrogen-bond donors (Lipinski definition) is 1. The van der Waals surface area contributed by atoms with Gasteiger partial charge in [-0.05, 0) is 29.5 Å². The smallest absolute Gasteiger partial charge is 0.262 e. The minimum absolute atomic E-state index is 0.0782. The van der Waals surface area contributed by atoms with E-state index in [2.05, 4.69) is 10.3 Å². The van der Waals surface area contributed by atoms with E-state index in [4.69, 9.17) is 0 Å². The Bertz CT molecular complexity index is 898. The van der Waals surface area contributed by atoms with Crippen LogP contribution in [-0.4, -0.2) is 15.5 Å². The van der Waals surface area contributed by atoms with E-state index < -0.39 is 0 Å². The van der Waals surface area contributed by atoms with Crippen LogP contribution in [0.25, 0.3) is 10.2 Å². The molecule has 0 radical (unpaired) electrons. The zero-order valence-electron chi connectivity index (χ0n) is 12.8. The number of aryl methyl sites for hydroxylation is 2. The number of nitrogens with zero attached hydrogens (tertiary/aromatic N) is 2. The number of carbonyl (C=O) groups excluding carboxylic acids is 1. The van der Waals surface area contributed by atoms with Crippen molar-refractivity contribution >= 4 is 27.5 Å². The van der Waals surface area contributed by atoms with E-state index in [-0.39, 0.29) is 17.9 Å². The van der Waals surface area contributed by atoms with Gasteiger partial charge in [-0.3, -0.25) is 14.2 Å². The Morgan fingerprint density at radius 1 is 1.30 bits per heavy atom. The molecular weight excluding hydrogens is 310 g/mol. The van der Waals surface area contributed by atoms with Crippen molar-refractivity contribution in [1.82, 2.24) is 14.9 Å². The summed E-state index contributed by atoms with van der Waals surface area (Å²) < 4.78 is 1.49. The van der Waals surface area contributed by atoms with Crippen molar-refractivity contribution in [3.05, 3.63) is 63.5 Å². The molecule has 0 bridgehead atoms. The lowest BCUT2D eigenvalue weighted by Gasteiger charge is -2.08. The van der Waals surface area contributed by atoms with E-state index in [9.17, 15) is 9.59 Å². The monoisotopic (exact) mass is 327 g/mol. The number of benzene rings is 1. The summed E-state index contributed by atoms with van der Waals surface area (Å²) in [5.41, 5.74) is 2.15. The number of aromatic nitrogens is 2. The minimum atomic E-state index is -0.0945. The van der Waals surface area contributed by atoms with E-state index >= 15 is 0 Å². The molecule has 1 aromatic carbocycles. The first kappa shape index (κ1) is 15.4. The number of rotatable bonds is 5. The van der Waals surface area contributed by atoms with Gasteiger partial charge in [0.05, 0.1) is 11.7 Å². The van der Waals surface area contributed by atoms with Crippen molar-refractivity contribution in [2.24, 2.45) is 0 Å². The molecule has 5 nitrogen and oxygen atoms in total. The fraction of sp³-hybridized carbons (Fsp3) is 0.235. The summed E-state index contributed by atoms with van der Waals surface area (Å²) in [6, 6.07) is 9.71. The molecule has 0 atom stereocenters. The quantitative estimate of drug-likeness (QED) is 0.783. The number of nitrogens with one attached hydrogen (secondary N) is 1. The average molecular weight is 327 g/mol. The molecule has 0 saturated heterocycles. The number of fused-ring (bicyclic) bond motifs is 1. The van der Waals surface area contributed by atoms with Gasteiger partial charge in [-0.2, -0.15) is 0 Å². The SMILES string of the molecule is Cc1ccccc1CNC(=O)CCn1cnc2sccc2c1=O. The van der Waals surface area contributed by atoms with Gasteiger partial charge < -0.3 is 5.32 Å². The van der Waals surface area contributed by atoms with Crippen LogP contribution in [0.1, 0.15) is 17.5 Å². The maximum Gasteiger partial charge on any atom is 0.262 e. The van der Waals surface area contributed by atoms with Gasteiger partial charge in [-0.15, -0.1) is 11.3 Å². The van der Waals surface area contributed by atoms with Crippen molar-refractivity contribution < 1.29 is 4.79 Å². The molecular formula is C17H17N3O2S. The Kier molecular flexibility index (Phi) is 4.52. The minimum Gasteiger partial charge on any atom is -0.352 e. The summed E-state index contributed by atoms with van der Waals surface area (Å²) in [6.07, 6.45) is 1.76.